The van der Waals surface area contributed by atoms with E-state index < -0.39 is 17.8 Å². The van der Waals surface area contributed by atoms with E-state index in [0.717, 1.165) is 0 Å². The Labute approximate surface area is 91.3 Å². The van der Waals surface area contributed by atoms with Gasteiger partial charge >= 0.3 is 5.97 Å². The van der Waals surface area contributed by atoms with Crippen LogP contribution in [0.3, 0.4) is 0 Å². The Bertz CT molecular complexity index is 395. The molecule has 15 heavy (non-hydrogen) atoms. The van der Waals surface area contributed by atoms with Crippen molar-refractivity contribution in [2.24, 2.45) is 11.5 Å². The molecule has 0 spiro atoms. The van der Waals surface area contributed by atoms with Gasteiger partial charge in [-0.15, -0.1) is 0 Å². The molecule has 5 nitrogen and oxygen atoms in total. The van der Waals surface area contributed by atoms with Crippen molar-refractivity contribution in [3.63, 3.8) is 0 Å². The Hall–Kier alpha value is -1.30. The molecule has 0 heterocycles. The molecule has 1 rings (SSSR count). The first-order valence-corrected chi connectivity index (χ1v) is 4.57. The summed E-state index contributed by atoms with van der Waals surface area (Å²) in [6.07, 6.45) is 0. The van der Waals surface area contributed by atoms with Crippen molar-refractivity contribution in [3.05, 3.63) is 28.3 Å². The lowest BCUT2D eigenvalue weighted by Gasteiger charge is -2.14. The second-order valence-corrected chi connectivity index (χ2v) is 3.41. The van der Waals surface area contributed by atoms with Crippen LogP contribution in [0.2, 0.25) is 5.02 Å². The van der Waals surface area contributed by atoms with Gasteiger partial charge in [0, 0.05) is 23.2 Å². The van der Waals surface area contributed by atoms with E-state index >= 15 is 0 Å². The minimum atomic E-state index is -1.24. The van der Waals surface area contributed by atoms with E-state index in [2.05, 4.69) is 0 Å². The van der Waals surface area contributed by atoms with Crippen molar-refractivity contribution in [1.82, 2.24) is 0 Å². The highest BCUT2D eigenvalue weighted by atomic mass is 35.5. The molecule has 0 bridgehead atoms. The summed E-state index contributed by atoms with van der Waals surface area (Å²) in [4.78, 5) is 10.7. The molecule has 0 aliphatic rings. The maximum absolute atomic E-state index is 10.7. The molecule has 1 aromatic rings. The summed E-state index contributed by atoms with van der Waals surface area (Å²) in [5.74, 6) is -1.66. The van der Waals surface area contributed by atoms with Gasteiger partial charge in [0.1, 0.15) is 11.3 Å². The van der Waals surface area contributed by atoms with Gasteiger partial charge in [0.2, 0.25) is 0 Å². The number of carboxylic acid groups (broad SMARTS) is 1. The molecule has 0 amide bonds. The molecule has 0 saturated carbocycles. The molecule has 0 aliphatic heterocycles. The van der Waals surface area contributed by atoms with E-state index in [1.54, 1.807) is 0 Å². The summed E-state index contributed by atoms with van der Waals surface area (Å²) < 4.78 is 0. The van der Waals surface area contributed by atoms with Crippen LogP contribution in [0, 0.1) is 0 Å². The van der Waals surface area contributed by atoms with Crippen LogP contribution in [0.15, 0.2) is 12.1 Å². The van der Waals surface area contributed by atoms with Crippen molar-refractivity contribution in [1.29, 1.82) is 0 Å². The quantitative estimate of drug-likeness (QED) is 0.611. The smallest absolute Gasteiger partial charge is 0.339 e. The highest BCUT2D eigenvalue weighted by Gasteiger charge is 2.19. The summed E-state index contributed by atoms with van der Waals surface area (Å²) in [6.45, 7) is 0.0658. The van der Waals surface area contributed by atoms with E-state index in [1.807, 2.05) is 0 Å². The molecule has 0 radical (unpaired) electrons. The first-order chi connectivity index (χ1) is 6.99. The summed E-state index contributed by atoms with van der Waals surface area (Å²) in [6, 6.07) is 1.90. The molecule has 0 aromatic heterocycles. The molecule has 0 saturated heterocycles. The fourth-order valence-electron chi connectivity index (χ4n) is 1.23. The van der Waals surface area contributed by atoms with Crippen LogP contribution >= 0.6 is 11.6 Å². The molecule has 0 unspecified atom stereocenters. The van der Waals surface area contributed by atoms with Crippen molar-refractivity contribution < 1.29 is 15.0 Å². The number of carboxylic acids is 1. The standard InChI is InChI=1S/C9H11ClN2O3/c10-5-2-1-4(9(14)15)8(13)7(5)6(12)3-11/h1-2,6,13H,3,11-12H2,(H,14,15)/t6-/m1/s1. The number of aromatic carboxylic acids is 1. The number of phenols is 1. The van der Waals surface area contributed by atoms with Crippen LogP contribution in [0.25, 0.3) is 0 Å². The Balaban J connectivity index is 3.36. The van der Waals surface area contributed by atoms with E-state index in [-0.39, 0.29) is 22.7 Å². The third-order valence-corrected chi connectivity index (χ3v) is 2.35. The van der Waals surface area contributed by atoms with Crippen molar-refractivity contribution in [2.45, 2.75) is 6.04 Å². The average Bonchev–Trinajstić information content (AvgIpc) is 2.16. The number of nitrogens with two attached hydrogens (primary N) is 2. The predicted octanol–water partition coefficient (Wildman–Crippen LogP) is 0.702. The van der Waals surface area contributed by atoms with Gasteiger partial charge in [0.05, 0.1) is 0 Å². The molecular weight excluding hydrogens is 220 g/mol. The summed E-state index contributed by atoms with van der Waals surface area (Å²) in [5.41, 5.74) is 10.9. The van der Waals surface area contributed by atoms with Gasteiger partial charge in [-0.25, -0.2) is 4.79 Å². The number of carbonyl (C=O) groups is 1. The first kappa shape index (κ1) is 11.8. The zero-order chi connectivity index (χ0) is 11.6. The van der Waals surface area contributed by atoms with Gasteiger partial charge in [-0.2, -0.15) is 0 Å². The minimum Gasteiger partial charge on any atom is -0.507 e. The monoisotopic (exact) mass is 230 g/mol. The van der Waals surface area contributed by atoms with Crippen molar-refractivity contribution >= 4 is 17.6 Å². The Kier molecular flexibility index (Phi) is 3.52. The number of rotatable bonds is 3. The van der Waals surface area contributed by atoms with Crippen molar-refractivity contribution in [3.8, 4) is 5.75 Å². The third kappa shape index (κ3) is 2.20. The van der Waals surface area contributed by atoms with E-state index in [9.17, 15) is 9.90 Å². The zero-order valence-electron chi connectivity index (χ0n) is 7.77. The maximum Gasteiger partial charge on any atom is 0.339 e. The first-order valence-electron chi connectivity index (χ1n) is 4.19. The van der Waals surface area contributed by atoms with E-state index in [0.29, 0.717) is 0 Å². The van der Waals surface area contributed by atoms with Gasteiger partial charge in [0.25, 0.3) is 0 Å². The van der Waals surface area contributed by atoms with E-state index in [4.69, 9.17) is 28.2 Å². The molecule has 1 atom stereocenters. The minimum absolute atomic E-state index is 0.0658. The number of benzene rings is 1. The molecule has 82 valence electrons. The van der Waals surface area contributed by atoms with Gasteiger partial charge < -0.3 is 21.7 Å². The highest BCUT2D eigenvalue weighted by molar-refractivity contribution is 6.31. The lowest BCUT2D eigenvalue weighted by atomic mass is 10.0. The summed E-state index contributed by atoms with van der Waals surface area (Å²) >= 11 is 5.79. The predicted molar refractivity (Wildman–Crippen MR) is 56.1 cm³/mol. The zero-order valence-corrected chi connectivity index (χ0v) is 8.53. The van der Waals surface area contributed by atoms with Crippen LogP contribution in [0.1, 0.15) is 22.0 Å². The second kappa shape index (κ2) is 4.48. The topological polar surface area (TPSA) is 110 Å². The fraction of sp³-hybridized carbons (Fsp3) is 0.222. The lowest BCUT2D eigenvalue weighted by molar-refractivity contribution is 0.0693. The Morgan fingerprint density at radius 3 is 2.60 bits per heavy atom. The number of halogens is 1. The van der Waals surface area contributed by atoms with Gasteiger partial charge in [-0.1, -0.05) is 11.6 Å². The SMILES string of the molecule is NC[C@@H](N)c1c(Cl)ccc(C(=O)O)c1O. The van der Waals surface area contributed by atoms with Crippen LogP contribution in [-0.2, 0) is 0 Å². The normalized spacial score (nSPS) is 12.5. The van der Waals surface area contributed by atoms with Gasteiger partial charge in [-0.3, -0.25) is 0 Å². The van der Waals surface area contributed by atoms with Crippen LogP contribution in [0.4, 0.5) is 0 Å². The number of aromatic hydroxyl groups is 1. The summed E-state index contributed by atoms with van der Waals surface area (Å²) in [7, 11) is 0. The molecule has 1 aromatic carbocycles. The maximum atomic E-state index is 10.7. The largest absolute Gasteiger partial charge is 0.507 e. The molecular formula is C9H11ClN2O3. The fourth-order valence-corrected chi connectivity index (χ4v) is 1.52. The summed E-state index contributed by atoms with van der Waals surface area (Å²) in [5, 5.41) is 18.6. The van der Waals surface area contributed by atoms with Gasteiger partial charge in [0.15, 0.2) is 0 Å². The van der Waals surface area contributed by atoms with Crippen LogP contribution in [-0.4, -0.2) is 22.7 Å². The molecule has 0 aliphatic carbocycles. The third-order valence-electron chi connectivity index (χ3n) is 2.02. The Morgan fingerprint density at radius 2 is 2.13 bits per heavy atom. The Morgan fingerprint density at radius 1 is 1.53 bits per heavy atom. The molecule has 6 N–H and O–H groups in total. The molecule has 0 fully saturated rings. The van der Waals surface area contributed by atoms with E-state index in [1.165, 1.54) is 12.1 Å². The van der Waals surface area contributed by atoms with Gasteiger partial charge in [-0.05, 0) is 12.1 Å². The van der Waals surface area contributed by atoms with Crippen LogP contribution < -0.4 is 11.5 Å². The van der Waals surface area contributed by atoms with Crippen LogP contribution in [0.5, 0.6) is 5.75 Å². The number of hydrogen-bond acceptors (Lipinski definition) is 4. The average molecular weight is 231 g/mol. The number of hydrogen-bond donors (Lipinski definition) is 4. The second-order valence-electron chi connectivity index (χ2n) is 3.00. The lowest BCUT2D eigenvalue weighted by Crippen LogP contribution is -2.21. The van der Waals surface area contributed by atoms with Crippen molar-refractivity contribution in [2.75, 3.05) is 6.54 Å². The highest BCUT2D eigenvalue weighted by Crippen LogP contribution is 2.33. The molecule has 6 heteroatoms.